The van der Waals surface area contributed by atoms with Crippen molar-refractivity contribution in [3.05, 3.63) is 94.5 Å². The Morgan fingerprint density at radius 2 is 1.86 bits per heavy atom. The van der Waals surface area contributed by atoms with Crippen LogP contribution >= 0.6 is 11.6 Å². The van der Waals surface area contributed by atoms with E-state index in [1.165, 1.54) is 6.21 Å². The number of amides is 1. The van der Waals surface area contributed by atoms with Crippen LogP contribution in [0.4, 0.5) is 0 Å². The van der Waals surface area contributed by atoms with E-state index in [4.69, 9.17) is 21.1 Å². The number of hydrogen-bond donors (Lipinski definition) is 1. The molecule has 0 heterocycles. The minimum atomic E-state index is -0.340. The number of carbonyl (C=O) groups excluding carboxylic acids is 1. The fourth-order valence-corrected chi connectivity index (χ4v) is 2.67. The Balaban J connectivity index is 1.66. The lowest BCUT2D eigenvalue weighted by atomic mass is 10.2. The zero-order chi connectivity index (χ0) is 19.8. The van der Waals surface area contributed by atoms with Crippen LogP contribution in [0.2, 0.25) is 5.02 Å². The van der Waals surface area contributed by atoms with Crippen LogP contribution < -0.4 is 14.9 Å². The summed E-state index contributed by atoms with van der Waals surface area (Å²) in [5.74, 6) is 0.875. The monoisotopic (exact) mass is 394 g/mol. The SMILES string of the molecule is COc1ccc(/C=N\NC(=O)c2cccc(Cl)c2)cc1OCc1ccccc1. The minimum Gasteiger partial charge on any atom is -0.493 e. The number of nitrogens with one attached hydrogen (secondary N) is 1. The van der Waals surface area contributed by atoms with Crippen molar-refractivity contribution in [2.45, 2.75) is 6.61 Å². The predicted molar refractivity (Wildman–Crippen MR) is 110 cm³/mol. The number of ether oxygens (including phenoxy) is 2. The van der Waals surface area contributed by atoms with Gasteiger partial charge in [-0.15, -0.1) is 0 Å². The quantitative estimate of drug-likeness (QED) is 0.467. The summed E-state index contributed by atoms with van der Waals surface area (Å²) >= 11 is 5.89. The summed E-state index contributed by atoms with van der Waals surface area (Å²) in [6.07, 6.45) is 1.54. The Bertz CT molecular complexity index is 975. The highest BCUT2D eigenvalue weighted by Crippen LogP contribution is 2.28. The summed E-state index contributed by atoms with van der Waals surface area (Å²) in [5.41, 5.74) is 4.73. The van der Waals surface area contributed by atoms with Crippen molar-refractivity contribution in [1.29, 1.82) is 0 Å². The van der Waals surface area contributed by atoms with Crippen LogP contribution in [-0.2, 0) is 6.61 Å². The summed E-state index contributed by atoms with van der Waals surface area (Å²) in [6, 6.07) is 21.9. The Morgan fingerprint density at radius 3 is 2.61 bits per heavy atom. The smallest absolute Gasteiger partial charge is 0.271 e. The van der Waals surface area contributed by atoms with Crippen molar-refractivity contribution >= 4 is 23.7 Å². The number of rotatable bonds is 7. The molecule has 0 aromatic heterocycles. The lowest BCUT2D eigenvalue weighted by molar-refractivity contribution is 0.0955. The second-order valence-electron chi connectivity index (χ2n) is 5.89. The van der Waals surface area contributed by atoms with Gasteiger partial charge in [0, 0.05) is 10.6 Å². The van der Waals surface area contributed by atoms with Crippen molar-refractivity contribution in [2.75, 3.05) is 7.11 Å². The Hall–Kier alpha value is -3.31. The molecule has 0 bridgehead atoms. The molecule has 0 spiro atoms. The highest BCUT2D eigenvalue weighted by Gasteiger charge is 2.07. The van der Waals surface area contributed by atoms with E-state index in [2.05, 4.69) is 10.5 Å². The maximum Gasteiger partial charge on any atom is 0.271 e. The van der Waals surface area contributed by atoms with Crippen molar-refractivity contribution in [1.82, 2.24) is 5.43 Å². The number of carbonyl (C=O) groups is 1. The molecule has 142 valence electrons. The summed E-state index contributed by atoms with van der Waals surface area (Å²) in [7, 11) is 1.59. The Kier molecular flexibility index (Phi) is 6.65. The van der Waals surface area contributed by atoms with Gasteiger partial charge in [0.25, 0.3) is 5.91 Å². The summed E-state index contributed by atoms with van der Waals surface area (Å²) < 4.78 is 11.2. The van der Waals surface area contributed by atoms with Gasteiger partial charge in [0.15, 0.2) is 11.5 Å². The summed E-state index contributed by atoms with van der Waals surface area (Å²) in [6.45, 7) is 0.420. The molecule has 3 aromatic rings. The molecule has 0 atom stereocenters. The number of methoxy groups -OCH3 is 1. The molecule has 28 heavy (non-hydrogen) atoms. The molecule has 5 nitrogen and oxygen atoms in total. The number of benzene rings is 3. The number of halogens is 1. The molecule has 1 N–H and O–H groups in total. The zero-order valence-electron chi connectivity index (χ0n) is 15.3. The van der Waals surface area contributed by atoms with Crippen molar-refractivity contribution < 1.29 is 14.3 Å². The van der Waals surface area contributed by atoms with Crippen molar-refractivity contribution in [2.24, 2.45) is 5.10 Å². The van der Waals surface area contributed by atoms with Gasteiger partial charge >= 0.3 is 0 Å². The molecule has 0 aliphatic carbocycles. The van der Waals surface area contributed by atoms with Crippen LogP contribution in [0.1, 0.15) is 21.5 Å². The lowest BCUT2D eigenvalue weighted by Gasteiger charge is -2.11. The predicted octanol–water partition coefficient (Wildman–Crippen LogP) is 4.69. The third kappa shape index (κ3) is 5.34. The fraction of sp³-hybridized carbons (Fsp3) is 0.0909. The summed E-state index contributed by atoms with van der Waals surface area (Å²) in [4.78, 5) is 12.1. The van der Waals surface area contributed by atoms with Gasteiger partial charge in [0.2, 0.25) is 0 Å². The average molecular weight is 395 g/mol. The van der Waals surface area contributed by atoms with E-state index in [0.717, 1.165) is 11.1 Å². The third-order valence-corrected chi connectivity index (χ3v) is 4.13. The van der Waals surface area contributed by atoms with E-state index in [0.29, 0.717) is 28.7 Å². The van der Waals surface area contributed by atoms with Gasteiger partial charge in [-0.3, -0.25) is 4.79 Å². The number of hydrazone groups is 1. The first kappa shape index (κ1) is 19.5. The van der Waals surface area contributed by atoms with E-state index >= 15 is 0 Å². The zero-order valence-corrected chi connectivity index (χ0v) is 16.0. The molecule has 3 rings (SSSR count). The van der Waals surface area contributed by atoms with Crippen LogP contribution in [0, 0.1) is 0 Å². The van der Waals surface area contributed by atoms with Crippen LogP contribution in [0.5, 0.6) is 11.5 Å². The Morgan fingerprint density at radius 1 is 1.04 bits per heavy atom. The van der Waals surface area contributed by atoms with Gasteiger partial charge in [0.1, 0.15) is 6.61 Å². The average Bonchev–Trinajstić information content (AvgIpc) is 2.73. The maximum atomic E-state index is 12.1. The molecule has 1 amide bonds. The first-order valence-corrected chi connectivity index (χ1v) is 8.97. The highest BCUT2D eigenvalue weighted by atomic mass is 35.5. The Labute approximate surface area is 168 Å². The van der Waals surface area contributed by atoms with E-state index in [-0.39, 0.29) is 5.91 Å². The van der Waals surface area contributed by atoms with E-state index in [1.807, 2.05) is 36.4 Å². The van der Waals surface area contributed by atoms with E-state index in [1.54, 1.807) is 43.5 Å². The van der Waals surface area contributed by atoms with Gasteiger partial charge in [-0.1, -0.05) is 48.0 Å². The van der Waals surface area contributed by atoms with Gasteiger partial charge in [-0.05, 0) is 47.5 Å². The molecule has 0 saturated heterocycles. The molecule has 0 saturated carbocycles. The topological polar surface area (TPSA) is 59.9 Å². The van der Waals surface area contributed by atoms with E-state index in [9.17, 15) is 4.79 Å². The number of nitrogens with zero attached hydrogens (tertiary/aromatic N) is 1. The van der Waals surface area contributed by atoms with Crippen LogP contribution in [0.3, 0.4) is 0 Å². The van der Waals surface area contributed by atoms with Crippen molar-refractivity contribution in [3.8, 4) is 11.5 Å². The van der Waals surface area contributed by atoms with Crippen LogP contribution in [-0.4, -0.2) is 19.2 Å². The van der Waals surface area contributed by atoms with Crippen LogP contribution in [0.25, 0.3) is 0 Å². The standard InChI is InChI=1S/C22H19ClN2O3/c1-27-20-11-10-17(12-21(20)28-15-16-6-3-2-4-7-16)14-24-25-22(26)18-8-5-9-19(23)13-18/h2-14H,15H2,1H3,(H,25,26)/b24-14-. The lowest BCUT2D eigenvalue weighted by Crippen LogP contribution is -2.17. The second-order valence-corrected chi connectivity index (χ2v) is 6.33. The molecule has 0 aliphatic rings. The normalized spacial score (nSPS) is 10.6. The third-order valence-electron chi connectivity index (χ3n) is 3.89. The van der Waals surface area contributed by atoms with Gasteiger partial charge in [0.05, 0.1) is 13.3 Å². The highest BCUT2D eigenvalue weighted by molar-refractivity contribution is 6.30. The van der Waals surface area contributed by atoms with Gasteiger partial charge in [-0.2, -0.15) is 5.10 Å². The molecule has 3 aromatic carbocycles. The molecular formula is C22H19ClN2O3. The number of hydrogen-bond acceptors (Lipinski definition) is 4. The summed E-state index contributed by atoms with van der Waals surface area (Å²) in [5, 5.41) is 4.49. The molecule has 0 fully saturated rings. The first-order chi connectivity index (χ1) is 13.7. The van der Waals surface area contributed by atoms with Gasteiger partial charge in [-0.25, -0.2) is 5.43 Å². The largest absolute Gasteiger partial charge is 0.493 e. The first-order valence-electron chi connectivity index (χ1n) is 8.59. The second kappa shape index (κ2) is 9.58. The van der Waals surface area contributed by atoms with E-state index < -0.39 is 0 Å². The molecule has 0 radical (unpaired) electrons. The van der Waals surface area contributed by atoms with Crippen molar-refractivity contribution in [3.63, 3.8) is 0 Å². The van der Waals surface area contributed by atoms with Crippen LogP contribution in [0.15, 0.2) is 77.9 Å². The molecule has 6 heteroatoms. The molecule has 0 aliphatic heterocycles. The minimum absolute atomic E-state index is 0.340. The van der Waals surface area contributed by atoms with Gasteiger partial charge < -0.3 is 9.47 Å². The maximum absolute atomic E-state index is 12.1. The molecule has 0 unspecified atom stereocenters. The fourth-order valence-electron chi connectivity index (χ4n) is 2.48. The molecular weight excluding hydrogens is 376 g/mol.